The van der Waals surface area contributed by atoms with E-state index in [-0.39, 0.29) is 6.61 Å². The van der Waals surface area contributed by atoms with Gasteiger partial charge in [-0.25, -0.2) is 4.79 Å². The van der Waals surface area contributed by atoms with Gasteiger partial charge in [-0.2, -0.15) is 13.2 Å². The summed E-state index contributed by atoms with van der Waals surface area (Å²) in [6, 6.07) is 4.74. The number of ether oxygens (including phenoxy) is 2. The summed E-state index contributed by atoms with van der Waals surface area (Å²) in [7, 11) is 1.44. The van der Waals surface area contributed by atoms with Gasteiger partial charge in [0.1, 0.15) is 10.8 Å². The van der Waals surface area contributed by atoms with Crippen molar-refractivity contribution in [3.8, 4) is 5.75 Å². The highest BCUT2D eigenvalue weighted by molar-refractivity contribution is 7.17. The van der Waals surface area contributed by atoms with Gasteiger partial charge in [0.25, 0.3) is 0 Å². The monoisotopic (exact) mass is 498 g/mol. The first-order valence-corrected chi connectivity index (χ1v) is 11.6. The molecule has 0 aliphatic heterocycles. The summed E-state index contributed by atoms with van der Waals surface area (Å²) in [4.78, 5) is 38.1. The standard InChI is InChI=1S/C23H25F3N2O5S/c1-3-33-21(30)19-15-6-4-5-7-17(15)34-20(19)28-18(29)12-16(27-22(31)23(24,25)26)13-8-10-14(32-2)11-9-13/h8-11,16H,3-7,12H2,1-2H3,(H,27,31)(H,28,29). The van der Waals surface area contributed by atoms with E-state index >= 15 is 0 Å². The van der Waals surface area contributed by atoms with Crippen LogP contribution in [0.4, 0.5) is 18.2 Å². The second-order valence-electron chi connectivity index (χ2n) is 7.68. The van der Waals surface area contributed by atoms with Crippen LogP contribution >= 0.6 is 11.3 Å². The summed E-state index contributed by atoms with van der Waals surface area (Å²) in [5, 5.41) is 4.85. The lowest BCUT2D eigenvalue weighted by Gasteiger charge is -2.20. The molecule has 0 radical (unpaired) electrons. The summed E-state index contributed by atoms with van der Waals surface area (Å²) in [6.07, 6.45) is -2.24. The Kier molecular flexibility index (Phi) is 8.19. The minimum Gasteiger partial charge on any atom is -0.497 e. The Morgan fingerprint density at radius 2 is 1.79 bits per heavy atom. The summed E-state index contributed by atoms with van der Waals surface area (Å²) < 4.78 is 48.9. The SMILES string of the molecule is CCOC(=O)c1c(NC(=O)CC(NC(=O)C(F)(F)F)c2ccc(OC)cc2)sc2c1CCCC2. The number of amides is 2. The van der Waals surface area contributed by atoms with E-state index in [2.05, 4.69) is 5.32 Å². The minimum absolute atomic E-state index is 0.167. The van der Waals surface area contributed by atoms with Gasteiger partial charge in [-0.1, -0.05) is 12.1 Å². The first-order chi connectivity index (χ1) is 16.1. The average Bonchev–Trinajstić information content (AvgIpc) is 3.15. The molecule has 7 nitrogen and oxygen atoms in total. The Balaban J connectivity index is 1.84. The van der Waals surface area contributed by atoms with Crippen LogP contribution in [0.2, 0.25) is 0 Å². The third-order valence-electron chi connectivity index (χ3n) is 5.37. The van der Waals surface area contributed by atoms with E-state index in [1.54, 1.807) is 6.92 Å². The molecule has 0 saturated heterocycles. The number of hydrogen-bond acceptors (Lipinski definition) is 6. The molecule has 1 atom stereocenters. The summed E-state index contributed by atoms with van der Waals surface area (Å²) in [5.41, 5.74) is 1.45. The first-order valence-electron chi connectivity index (χ1n) is 10.8. The van der Waals surface area contributed by atoms with Crippen LogP contribution in [0, 0.1) is 0 Å². The van der Waals surface area contributed by atoms with Crippen molar-refractivity contribution in [3.63, 3.8) is 0 Å². The van der Waals surface area contributed by atoms with Gasteiger partial charge >= 0.3 is 18.1 Å². The van der Waals surface area contributed by atoms with Crippen LogP contribution in [0.1, 0.15) is 58.6 Å². The molecule has 1 aliphatic rings. The highest BCUT2D eigenvalue weighted by Gasteiger charge is 2.40. The molecule has 11 heteroatoms. The van der Waals surface area contributed by atoms with Crippen LogP contribution in [0.5, 0.6) is 5.75 Å². The lowest BCUT2D eigenvalue weighted by atomic mass is 9.95. The van der Waals surface area contributed by atoms with Crippen molar-refractivity contribution in [3.05, 3.63) is 45.8 Å². The van der Waals surface area contributed by atoms with E-state index in [0.29, 0.717) is 28.3 Å². The fraction of sp³-hybridized carbons (Fsp3) is 0.435. The Bertz CT molecular complexity index is 1050. The molecule has 184 valence electrons. The molecule has 3 rings (SSSR count). The van der Waals surface area contributed by atoms with Crippen LogP contribution in [0.25, 0.3) is 0 Å². The molecule has 0 fully saturated rings. The zero-order valence-electron chi connectivity index (χ0n) is 18.7. The number of benzene rings is 1. The van der Waals surface area contributed by atoms with Crippen molar-refractivity contribution < 1.29 is 37.0 Å². The van der Waals surface area contributed by atoms with Crippen molar-refractivity contribution in [1.82, 2.24) is 5.32 Å². The number of carbonyl (C=O) groups excluding carboxylic acids is 3. The molecular weight excluding hydrogens is 473 g/mol. The van der Waals surface area contributed by atoms with Crippen LogP contribution in [-0.4, -0.2) is 37.7 Å². The van der Waals surface area contributed by atoms with Gasteiger partial charge < -0.3 is 20.1 Å². The van der Waals surface area contributed by atoms with Crippen LogP contribution in [-0.2, 0) is 27.2 Å². The number of hydrogen-bond donors (Lipinski definition) is 2. The van der Waals surface area contributed by atoms with Gasteiger partial charge in [0, 0.05) is 4.88 Å². The quantitative estimate of drug-likeness (QED) is 0.521. The lowest BCUT2D eigenvalue weighted by Crippen LogP contribution is -2.40. The van der Waals surface area contributed by atoms with E-state index in [1.165, 1.54) is 42.7 Å². The van der Waals surface area contributed by atoms with E-state index in [9.17, 15) is 27.6 Å². The fourth-order valence-corrected chi connectivity index (χ4v) is 5.06. The molecule has 0 bridgehead atoms. The zero-order valence-corrected chi connectivity index (χ0v) is 19.5. The molecule has 1 aliphatic carbocycles. The Labute approximate surface area is 198 Å². The maximum absolute atomic E-state index is 12.9. The predicted octanol–water partition coefficient (Wildman–Crippen LogP) is 4.56. The van der Waals surface area contributed by atoms with Gasteiger partial charge in [-0.05, 0) is 55.9 Å². The number of carbonyl (C=O) groups is 3. The molecule has 2 N–H and O–H groups in total. The van der Waals surface area contributed by atoms with Gasteiger partial charge in [-0.3, -0.25) is 9.59 Å². The Hall–Kier alpha value is -3.08. The molecule has 1 aromatic heterocycles. The van der Waals surface area contributed by atoms with Gasteiger partial charge in [0.15, 0.2) is 0 Å². The molecule has 0 spiro atoms. The highest BCUT2D eigenvalue weighted by atomic mass is 32.1. The van der Waals surface area contributed by atoms with E-state index in [4.69, 9.17) is 9.47 Å². The Morgan fingerprint density at radius 3 is 2.41 bits per heavy atom. The van der Waals surface area contributed by atoms with Crippen molar-refractivity contribution in [2.75, 3.05) is 19.0 Å². The second kappa shape index (κ2) is 10.9. The molecule has 0 saturated carbocycles. The van der Waals surface area contributed by atoms with Crippen LogP contribution < -0.4 is 15.4 Å². The van der Waals surface area contributed by atoms with Gasteiger partial charge in [0.2, 0.25) is 5.91 Å². The maximum atomic E-state index is 12.9. The summed E-state index contributed by atoms with van der Waals surface area (Å²) in [6.45, 7) is 1.84. The fourth-order valence-electron chi connectivity index (χ4n) is 3.76. The number of rotatable bonds is 8. The molecular formula is C23H25F3N2O5S. The zero-order chi connectivity index (χ0) is 24.9. The largest absolute Gasteiger partial charge is 0.497 e. The average molecular weight is 499 g/mol. The van der Waals surface area contributed by atoms with E-state index in [0.717, 1.165) is 29.7 Å². The topological polar surface area (TPSA) is 93.7 Å². The van der Waals surface area contributed by atoms with Crippen molar-refractivity contribution in [2.45, 2.75) is 51.2 Å². The van der Waals surface area contributed by atoms with Crippen molar-refractivity contribution >= 4 is 34.1 Å². The number of nitrogens with one attached hydrogen (secondary N) is 2. The molecule has 34 heavy (non-hydrogen) atoms. The lowest BCUT2D eigenvalue weighted by molar-refractivity contribution is -0.174. The van der Waals surface area contributed by atoms with Crippen LogP contribution in [0.3, 0.4) is 0 Å². The van der Waals surface area contributed by atoms with Gasteiger partial charge in [-0.15, -0.1) is 11.3 Å². The number of halogens is 3. The van der Waals surface area contributed by atoms with E-state index in [1.807, 2.05) is 5.32 Å². The number of anilines is 1. The smallest absolute Gasteiger partial charge is 0.471 e. The van der Waals surface area contributed by atoms with Crippen molar-refractivity contribution in [1.29, 1.82) is 0 Å². The van der Waals surface area contributed by atoms with Crippen molar-refractivity contribution in [2.24, 2.45) is 0 Å². The number of methoxy groups -OCH3 is 1. The summed E-state index contributed by atoms with van der Waals surface area (Å²) in [5.74, 6) is -2.88. The minimum atomic E-state index is -5.11. The van der Waals surface area contributed by atoms with Crippen LogP contribution in [0.15, 0.2) is 24.3 Å². The molecule has 2 aromatic rings. The number of fused-ring (bicyclic) bond motifs is 1. The molecule has 1 aromatic carbocycles. The first kappa shape index (κ1) is 25.5. The third-order valence-corrected chi connectivity index (χ3v) is 6.58. The highest BCUT2D eigenvalue weighted by Crippen LogP contribution is 2.39. The number of thiophene rings is 1. The third kappa shape index (κ3) is 6.07. The Morgan fingerprint density at radius 1 is 1.12 bits per heavy atom. The maximum Gasteiger partial charge on any atom is 0.471 e. The second-order valence-corrected chi connectivity index (χ2v) is 8.79. The molecule has 1 heterocycles. The molecule has 2 amide bonds. The number of alkyl halides is 3. The number of aryl methyl sites for hydroxylation is 1. The molecule has 1 unspecified atom stereocenters. The summed E-state index contributed by atoms with van der Waals surface area (Å²) >= 11 is 1.27. The van der Waals surface area contributed by atoms with E-state index < -0.39 is 36.4 Å². The predicted molar refractivity (Wildman–Crippen MR) is 120 cm³/mol. The normalized spacial score (nSPS) is 14.0. The van der Waals surface area contributed by atoms with Gasteiger partial charge in [0.05, 0.1) is 31.7 Å². The number of esters is 1.